The Morgan fingerprint density at radius 1 is 0.407 bits per heavy atom. The smallest absolute Gasteiger partial charge is 0.144 e. The van der Waals surface area contributed by atoms with Gasteiger partial charge in [0, 0.05) is 32.5 Å². The van der Waals surface area contributed by atoms with Crippen LogP contribution in [0.1, 0.15) is 43.2 Å². The number of para-hydroxylation sites is 2. The zero-order valence-electron chi connectivity index (χ0n) is 30.0. The van der Waals surface area contributed by atoms with Crippen LogP contribution in [0.2, 0.25) is 0 Å². The molecule has 0 aliphatic heterocycles. The van der Waals surface area contributed by atoms with Gasteiger partial charge in [-0.05, 0) is 154 Å². The Morgan fingerprint density at radius 3 is 1.83 bits per heavy atom. The molecule has 1 spiro atoms. The Kier molecular flexibility index (Phi) is 5.83. The van der Waals surface area contributed by atoms with Crippen molar-refractivity contribution in [2.75, 3.05) is 0 Å². The van der Waals surface area contributed by atoms with Gasteiger partial charge < -0.3 is 8.83 Å². The molecule has 9 aromatic rings. The van der Waals surface area contributed by atoms with E-state index >= 15 is 0 Å². The van der Waals surface area contributed by atoms with E-state index < -0.39 is 0 Å². The summed E-state index contributed by atoms with van der Waals surface area (Å²) in [6.45, 7) is 0. The second-order valence-electron chi connectivity index (χ2n) is 16.8. The molecule has 2 aromatic heterocycles. The van der Waals surface area contributed by atoms with E-state index in [0.717, 1.165) is 50.5 Å². The molecule has 5 aliphatic rings. The van der Waals surface area contributed by atoms with E-state index in [-0.39, 0.29) is 5.41 Å². The molecule has 5 aliphatic carbocycles. The first-order chi connectivity index (χ1) is 26.7. The lowest BCUT2D eigenvalue weighted by atomic mass is 9.43. The van der Waals surface area contributed by atoms with Gasteiger partial charge in [0.2, 0.25) is 0 Å². The van der Waals surface area contributed by atoms with Crippen LogP contribution in [0.4, 0.5) is 0 Å². The molecule has 14 rings (SSSR count). The lowest BCUT2D eigenvalue weighted by Crippen LogP contribution is -2.55. The standard InChI is InChI=1S/C52H38O2/c1-2-10-32(11-3-1)34-25-35(33-18-19-40-39-12-5-8-16-46(39)53-48(40)28-33)27-36(26-34)43-29-45-50(51-49(43)42-14-6-9-17-47(42)54-51)41-13-4-7-15-44(41)52(45)37-21-30-20-31(23-37)24-38(52)22-30/h1-19,25-31,37-38H,20-24H2. The van der Waals surface area contributed by atoms with Gasteiger partial charge in [-0.25, -0.2) is 0 Å². The lowest BCUT2D eigenvalue weighted by molar-refractivity contribution is -0.0399. The van der Waals surface area contributed by atoms with Crippen molar-refractivity contribution in [2.24, 2.45) is 23.7 Å². The first kappa shape index (κ1) is 29.6. The minimum absolute atomic E-state index is 0.0352. The summed E-state index contributed by atoms with van der Waals surface area (Å²) in [6.07, 6.45) is 6.86. The minimum atomic E-state index is 0.0352. The minimum Gasteiger partial charge on any atom is -0.456 e. The number of fused-ring (bicyclic) bond motifs is 10. The van der Waals surface area contributed by atoms with E-state index in [1.165, 1.54) is 87.4 Å². The highest BCUT2D eigenvalue weighted by atomic mass is 16.3. The van der Waals surface area contributed by atoms with Crippen molar-refractivity contribution in [3.05, 3.63) is 157 Å². The molecule has 4 saturated carbocycles. The average molecular weight is 695 g/mol. The molecule has 0 unspecified atom stereocenters. The van der Waals surface area contributed by atoms with Crippen molar-refractivity contribution in [2.45, 2.75) is 37.5 Å². The van der Waals surface area contributed by atoms with Crippen LogP contribution < -0.4 is 0 Å². The molecule has 2 heteroatoms. The van der Waals surface area contributed by atoms with Crippen LogP contribution in [0.5, 0.6) is 0 Å². The van der Waals surface area contributed by atoms with Crippen LogP contribution in [-0.2, 0) is 5.41 Å². The van der Waals surface area contributed by atoms with Gasteiger partial charge in [0.1, 0.15) is 22.3 Å². The average Bonchev–Trinajstić information content (AvgIpc) is 3.88. The van der Waals surface area contributed by atoms with Crippen molar-refractivity contribution in [1.29, 1.82) is 0 Å². The molecule has 0 amide bonds. The molecular weight excluding hydrogens is 657 g/mol. The Hall–Kier alpha value is -5.86. The van der Waals surface area contributed by atoms with E-state index in [1.54, 1.807) is 5.56 Å². The zero-order valence-corrected chi connectivity index (χ0v) is 30.0. The summed E-state index contributed by atoms with van der Waals surface area (Å²) in [6, 6.07) is 53.9. The molecule has 54 heavy (non-hydrogen) atoms. The Balaban J connectivity index is 1.12. The van der Waals surface area contributed by atoms with Gasteiger partial charge in [0.15, 0.2) is 0 Å². The van der Waals surface area contributed by atoms with Gasteiger partial charge in [0.05, 0.1) is 0 Å². The highest BCUT2D eigenvalue weighted by Crippen LogP contribution is 2.70. The van der Waals surface area contributed by atoms with Crippen molar-refractivity contribution in [3.63, 3.8) is 0 Å². The highest BCUT2D eigenvalue weighted by Gasteiger charge is 2.62. The van der Waals surface area contributed by atoms with Crippen LogP contribution in [0.25, 0.3) is 88.4 Å². The van der Waals surface area contributed by atoms with Crippen LogP contribution in [0.3, 0.4) is 0 Å². The van der Waals surface area contributed by atoms with Gasteiger partial charge in [0.25, 0.3) is 0 Å². The quantitative estimate of drug-likeness (QED) is 0.184. The SMILES string of the molecule is c1ccc(-c2cc(-c3ccc4c(c3)oc3ccccc34)cc(-c3cc4c(c5oc6ccccc6c35)-c3ccccc3C43C4CC5CC(C4)CC3C5)c2)cc1. The van der Waals surface area contributed by atoms with Crippen molar-refractivity contribution in [3.8, 4) is 44.5 Å². The van der Waals surface area contributed by atoms with Crippen LogP contribution in [0, 0.1) is 23.7 Å². The molecular formula is C52H38O2. The van der Waals surface area contributed by atoms with E-state index in [1.807, 2.05) is 6.07 Å². The summed E-state index contributed by atoms with van der Waals surface area (Å²) in [5.41, 5.74) is 17.0. The normalized spacial score (nSPS) is 23.6. The fourth-order valence-electron chi connectivity index (χ4n) is 12.4. The summed E-state index contributed by atoms with van der Waals surface area (Å²) >= 11 is 0. The van der Waals surface area contributed by atoms with Crippen molar-refractivity contribution < 1.29 is 8.83 Å². The number of hydrogen-bond donors (Lipinski definition) is 0. The Bertz CT molecular complexity index is 2980. The molecule has 0 radical (unpaired) electrons. The zero-order chi connectivity index (χ0) is 35.1. The monoisotopic (exact) mass is 694 g/mol. The molecule has 2 nitrogen and oxygen atoms in total. The topological polar surface area (TPSA) is 26.3 Å². The Labute approximate surface area is 314 Å². The third kappa shape index (κ3) is 3.86. The van der Waals surface area contributed by atoms with Gasteiger partial charge in [-0.1, -0.05) is 97.1 Å². The van der Waals surface area contributed by atoms with E-state index in [2.05, 4.69) is 140 Å². The number of hydrogen-bond acceptors (Lipinski definition) is 2. The van der Waals surface area contributed by atoms with Crippen molar-refractivity contribution in [1.82, 2.24) is 0 Å². The maximum atomic E-state index is 7.09. The second-order valence-corrected chi connectivity index (χ2v) is 16.8. The summed E-state index contributed by atoms with van der Waals surface area (Å²) in [5, 5.41) is 4.72. The van der Waals surface area contributed by atoms with Gasteiger partial charge in [-0.2, -0.15) is 0 Å². The van der Waals surface area contributed by atoms with Gasteiger partial charge >= 0.3 is 0 Å². The van der Waals surface area contributed by atoms with Crippen LogP contribution in [-0.4, -0.2) is 0 Å². The highest BCUT2D eigenvalue weighted by molar-refractivity contribution is 6.18. The maximum absolute atomic E-state index is 7.09. The van der Waals surface area contributed by atoms with Crippen LogP contribution >= 0.6 is 0 Å². The number of furan rings is 2. The van der Waals surface area contributed by atoms with Crippen molar-refractivity contribution >= 4 is 43.9 Å². The molecule has 0 N–H and O–H groups in total. The molecule has 0 saturated heterocycles. The molecule has 258 valence electrons. The molecule has 2 heterocycles. The fourth-order valence-corrected chi connectivity index (χ4v) is 12.4. The fraction of sp³-hybridized carbons (Fsp3) is 0.192. The third-order valence-electron chi connectivity index (χ3n) is 14.2. The number of benzene rings is 7. The molecule has 7 aromatic carbocycles. The van der Waals surface area contributed by atoms with Gasteiger partial charge in [-0.3, -0.25) is 0 Å². The first-order valence-corrected chi connectivity index (χ1v) is 19.9. The largest absolute Gasteiger partial charge is 0.456 e. The molecule has 4 bridgehead atoms. The Morgan fingerprint density at radius 2 is 1.04 bits per heavy atom. The van der Waals surface area contributed by atoms with E-state index in [9.17, 15) is 0 Å². The lowest BCUT2D eigenvalue weighted by Gasteiger charge is -2.61. The second kappa shape index (κ2) is 10.6. The summed E-state index contributed by atoms with van der Waals surface area (Å²) < 4.78 is 13.5. The first-order valence-electron chi connectivity index (χ1n) is 19.9. The maximum Gasteiger partial charge on any atom is 0.144 e. The predicted molar refractivity (Wildman–Crippen MR) is 221 cm³/mol. The van der Waals surface area contributed by atoms with E-state index in [0.29, 0.717) is 11.8 Å². The number of rotatable bonds is 3. The summed E-state index contributed by atoms with van der Waals surface area (Å²) in [4.78, 5) is 0. The van der Waals surface area contributed by atoms with Crippen LogP contribution in [0.15, 0.2) is 154 Å². The molecule has 0 atom stereocenters. The summed E-state index contributed by atoms with van der Waals surface area (Å²) in [7, 11) is 0. The third-order valence-corrected chi connectivity index (χ3v) is 14.2. The van der Waals surface area contributed by atoms with E-state index in [4.69, 9.17) is 8.83 Å². The summed E-state index contributed by atoms with van der Waals surface area (Å²) in [5.74, 6) is 3.12. The molecule has 4 fully saturated rings. The van der Waals surface area contributed by atoms with Gasteiger partial charge in [-0.15, -0.1) is 0 Å². The predicted octanol–water partition coefficient (Wildman–Crippen LogP) is 14.2.